The third kappa shape index (κ3) is 2.15. The first-order chi connectivity index (χ1) is 9.59. The van der Waals surface area contributed by atoms with E-state index in [1.54, 1.807) is 30.7 Å². The summed E-state index contributed by atoms with van der Waals surface area (Å²) in [6.45, 7) is 4.64. The summed E-state index contributed by atoms with van der Waals surface area (Å²) in [5.41, 5.74) is 4.78. The maximum Gasteiger partial charge on any atom is 0.271 e. The molecule has 1 N–H and O–H groups in total. The average Bonchev–Trinajstić information content (AvgIpc) is 2.48. The van der Waals surface area contributed by atoms with Crippen molar-refractivity contribution in [3.05, 3.63) is 41.7 Å². The number of carbonyl (C=O) groups is 1. The number of nitrogens with one attached hydrogen (secondary N) is 1. The number of allylic oxidation sites excluding steroid dienone is 2. The van der Waals surface area contributed by atoms with Gasteiger partial charge in [-0.15, -0.1) is 0 Å². The molecule has 3 aliphatic rings. The fraction of sp³-hybridized carbons (Fsp3) is 0.438. The van der Waals surface area contributed by atoms with E-state index in [9.17, 15) is 4.79 Å². The van der Waals surface area contributed by atoms with Gasteiger partial charge in [-0.05, 0) is 47.8 Å². The predicted molar refractivity (Wildman–Crippen MR) is 78.3 cm³/mol. The number of amides is 1. The number of nitrogens with zero attached hydrogens (tertiary/aromatic N) is 2. The van der Waals surface area contributed by atoms with E-state index < -0.39 is 0 Å². The van der Waals surface area contributed by atoms with Crippen LogP contribution in [-0.2, 0) is 0 Å². The summed E-state index contributed by atoms with van der Waals surface area (Å²) in [7, 11) is 0. The largest absolute Gasteiger partial charge is 0.271 e. The van der Waals surface area contributed by atoms with Gasteiger partial charge in [0.25, 0.3) is 5.91 Å². The summed E-state index contributed by atoms with van der Waals surface area (Å²) in [6.07, 6.45) is 9.64. The first-order valence-electron chi connectivity index (χ1n) is 7.02. The van der Waals surface area contributed by atoms with Crippen LogP contribution in [0.15, 0.2) is 41.3 Å². The van der Waals surface area contributed by atoms with E-state index >= 15 is 0 Å². The SMILES string of the molecule is CC1(C)[C@H]2CC=C(/C=N/NC(=O)c3ccncc3)[C@H]1C2. The molecule has 3 aliphatic carbocycles. The molecule has 4 heteroatoms. The van der Waals surface area contributed by atoms with Crippen molar-refractivity contribution in [1.29, 1.82) is 0 Å². The molecule has 0 spiro atoms. The van der Waals surface area contributed by atoms with Gasteiger partial charge in [-0.3, -0.25) is 9.78 Å². The Morgan fingerprint density at radius 2 is 2.20 bits per heavy atom. The lowest BCUT2D eigenvalue weighted by atomic mass is 9.49. The molecule has 2 bridgehead atoms. The molecule has 1 aromatic heterocycles. The maximum absolute atomic E-state index is 11.8. The van der Waals surface area contributed by atoms with Crippen LogP contribution in [0.5, 0.6) is 0 Å². The van der Waals surface area contributed by atoms with E-state index in [1.165, 1.54) is 12.0 Å². The fourth-order valence-electron chi connectivity index (χ4n) is 3.28. The van der Waals surface area contributed by atoms with Crippen LogP contribution in [0, 0.1) is 17.3 Å². The van der Waals surface area contributed by atoms with Crippen LogP contribution < -0.4 is 5.43 Å². The van der Waals surface area contributed by atoms with Gasteiger partial charge in [0.1, 0.15) is 0 Å². The van der Waals surface area contributed by atoms with Gasteiger partial charge in [0, 0.05) is 18.0 Å². The minimum absolute atomic E-state index is 0.203. The summed E-state index contributed by atoms with van der Waals surface area (Å²) < 4.78 is 0. The zero-order chi connectivity index (χ0) is 14.2. The van der Waals surface area contributed by atoms with Crippen LogP contribution in [0.25, 0.3) is 0 Å². The molecule has 0 aliphatic heterocycles. The van der Waals surface area contributed by atoms with E-state index in [2.05, 4.69) is 35.4 Å². The lowest BCUT2D eigenvalue weighted by molar-refractivity contribution is -0.00126. The molecule has 20 heavy (non-hydrogen) atoms. The van der Waals surface area contributed by atoms with E-state index in [4.69, 9.17) is 0 Å². The number of hydrogen-bond acceptors (Lipinski definition) is 3. The van der Waals surface area contributed by atoms with Crippen LogP contribution in [0.2, 0.25) is 0 Å². The second-order valence-electron chi connectivity index (χ2n) is 6.18. The molecule has 104 valence electrons. The van der Waals surface area contributed by atoms with Gasteiger partial charge in [0.2, 0.25) is 0 Å². The Morgan fingerprint density at radius 1 is 1.45 bits per heavy atom. The van der Waals surface area contributed by atoms with E-state index in [0.717, 1.165) is 12.3 Å². The Hall–Kier alpha value is -1.97. The summed E-state index contributed by atoms with van der Waals surface area (Å²) in [6, 6.07) is 3.34. The highest BCUT2D eigenvalue weighted by molar-refractivity contribution is 5.94. The van der Waals surface area contributed by atoms with Crippen LogP contribution in [0.3, 0.4) is 0 Å². The molecule has 2 atom stereocenters. The summed E-state index contributed by atoms with van der Waals surface area (Å²) >= 11 is 0. The lowest BCUT2D eigenvalue weighted by Gasteiger charge is -2.55. The Morgan fingerprint density at radius 3 is 2.85 bits per heavy atom. The number of aromatic nitrogens is 1. The molecule has 4 nitrogen and oxygen atoms in total. The topological polar surface area (TPSA) is 54.4 Å². The Bertz CT molecular complexity index is 575. The molecule has 0 radical (unpaired) electrons. The maximum atomic E-state index is 11.8. The smallest absolute Gasteiger partial charge is 0.267 e. The van der Waals surface area contributed by atoms with Crippen LogP contribution in [0.1, 0.15) is 37.0 Å². The lowest BCUT2D eigenvalue weighted by Crippen LogP contribution is -2.48. The highest BCUT2D eigenvalue weighted by atomic mass is 16.2. The molecular weight excluding hydrogens is 250 g/mol. The van der Waals surface area contributed by atoms with Crippen molar-refractivity contribution in [2.75, 3.05) is 0 Å². The number of hydrogen-bond donors (Lipinski definition) is 1. The second-order valence-corrected chi connectivity index (χ2v) is 6.18. The Kier molecular flexibility index (Phi) is 3.16. The number of rotatable bonds is 3. The van der Waals surface area contributed by atoms with Crippen molar-refractivity contribution >= 4 is 12.1 Å². The molecule has 0 aromatic carbocycles. The number of hydrazone groups is 1. The zero-order valence-electron chi connectivity index (χ0n) is 11.8. The molecule has 0 unspecified atom stereocenters. The number of pyridine rings is 1. The van der Waals surface area contributed by atoms with Crippen molar-refractivity contribution in [2.45, 2.75) is 26.7 Å². The van der Waals surface area contributed by atoms with Crippen LogP contribution in [0.4, 0.5) is 0 Å². The van der Waals surface area contributed by atoms with Crippen molar-refractivity contribution < 1.29 is 4.79 Å². The molecule has 4 rings (SSSR count). The van der Waals surface area contributed by atoms with Crippen molar-refractivity contribution in [1.82, 2.24) is 10.4 Å². The highest BCUT2D eigenvalue weighted by Crippen LogP contribution is 2.58. The monoisotopic (exact) mass is 269 g/mol. The molecular formula is C16H19N3O. The van der Waals surface area contributed by atoms with Gasteiger partial charge in [0.15, 0.2) is 0 Å². The van der Waals surface area contributed by atoms with E-state index in [-0.39, 0.29) is 5.91 Å². The van der Waals surface area contributed by atoms with Crippen LogP contribution in [-0.4, -0.2) is 17.1 Å². The molecule has 1 amide bonds. The van der Waals surface area contributed by atoms with Crippen molar-refractivity contribution in [3.8, 4) is 0 Å². The molecule has 0 saturated heterocycles. The molecule has 1 heterocycles. The summed E-state index contributed by atoms with van der Waals surface area (Å²) in [4.78, 5) is 15.7. The van der Waals surface area contributed by atoms with Gasteiger partial charge < -0.3 is 0 Å². The predicted octanol–water partition coefficient (Wildman–Crippen LogP) is 2.79. The van der Waals surface area contributed by atoms with Crippen LogP contribution >= 0.6 is 0 Å². The number of fused-ring (bicyclic) bond motifs is 1. The Labute approximate surface area is 119 Å². The second kappa shape index (κ2) is 4.85. The minimum atomic E-state index is -0.203. The summed E-state index contributed by atoms with van der Waals surface area (Å²) in [5.74, 6) is 1.20. The average molecular weight is 269 g/mol. The first-order valence-corrected chi connectivity index (χ1v) is 7.02. The minimum Gasteiger partial charge on any atom is -0.267 e. The summed E-state index contributed by atoms with van der Waals surface area (Å²) in [5, 5.41) is 4.10. The van der Waals surface area contributed by atoms with Gasteiger partial charge >= 0.3 is 0 Å². The van der Waals surface area contributed by atoms with E-state index in [0.29, 0.717) is 16.9 Å². The van der Waals surface area contributed by atoms with Gasteiger partial charge in [-0.2, -0.15) is 5.10 Å². The highest BCUT2D eigenvalue weighted by Gasteiger charge is 2.50. The third-order valence-corrected chi connectivity index (χ3v) is 4.83. The fourth-order valence-corrected chi connectivity index (χ4v) is 3.28. The van der Waals surface area contributed by atoms with Crippen molar-refractivity contribution in [2.24, 2.45) is 22.4 Å². The first kappa shape index (κ1) is 13.0. The molecule has 1 fully saturated rings. The van der Waals surface area contributed by atoms with Gasteiger partial charge in [0.05, 0.1) is 6.21 Å². The Balaban J connectivity index is 1.62. The molecule has 1 aromatic rings. The molecule has 1 saturated carbocycles. The van der Waals surface area contributed by atoms with Gasteiger partial charge in [-0.1, -0.05) is 19.9 Å². The normalized spacial score (nSPS) is 26.8. The standard InChI is InChI=1S/C16H19N3O/c1-16(2)13-4-3-12(14(16)9-13)10-18-19-15(20)11-5-7-17-8-6-11/h3,5-8,10,13-14H,4,9H2,1-2H3,(H,19,20)/b18-10+/t13-,14+/m0/s1. The van der Waals surface area contributed by atoms with Crippen molar-refractivity contribution in [3.63, 3.8) is 0 Å². The number of carbonyl (C=O) groups excluding carboxylic acids is 1. The quantitative estimate of drug-likeness (QED) is 0.677. The third-order valence-electron chi connectivity index (χ3n) is 4.83. The van der Waals surface area contributed by atoms with E-state index in [1.807, 2.05) is 0 Å². The zero-order valence-corrected chi connectivity index (χ0v) is 11.8. The van der Waals surface area contributed by atoms with Gasteiger partial charge in [-0.25, -0.2) is 5.43 Å².